The largest absolute Gasteiger partial charge is 0.352 e. The molecule has 0 aliphatic rings. The average Bonchev–Trinajstić information content (AvgIpc) is 2.98. The van der Waals surface area contributed by atoms with Gasteiger partial charge in [0.05, 0.1) is 6.33 Å². The van der Waals surface area contributed by atoms with Gasteiger partial charge in [0.15, 0.2) is 0 Å². The fourth-order valence-corrected chi connectivity index (χ4v) is 1.88. The smallest absolute Gasteiger partial charge is 0.251 e. The topological polar surface area (TPSA) is 46.9 Å². The van der Waals surface area contributed by atoms with Crippen molar-refractivity contribution in [2.45, 2.75) is 26.2 Å². The molecule has 4 nitrogen and oxygen atoms in total. The van der Waals surface area contributed by atoms with Crippen LogP contribution in [0, 0.1) is 0 Å². The summed E-state index contributed by atoms with van der Waals surface area (Å²) in [6.07, 6.45) is 8.69. The molecule has 2 aromatic rings. The normalized spacial score (nSPS) is 10.4. The number of rotatable bonds is 6. The number of nitrogens with one attached hydrogen (secondary N) is 1. The van der Waals surface area contributed by atoms with Gasteiger partial charge >= 0.3 is 0 Å². The van der Waals surface area contributed by atoms with Crippen LogP contribution in [0.2, 0.25) is 0 Å². The van der Waals surface area contributed by atoms with Gasteiger partial charge in [0.2, 0.25) is 0 Å². The number of unbranched alkanes of at least 4 members (excludes halogenated alkanes) is 2. The van der Waals surface area contributed by atoms with Crippen molar-refractivity contribution < 1.29 is 4.79 Å². The lowest BCUT2D eigenvalue weighted by Crippen LogP contribution is -2.24. The van der Waals surface area contributed by atoms with Gasteiger partial charge in [0.1, 0.15) is 0 Å². The van der Waals surface area contributed by atoms with Crippen molar-refractivity contribution in [1.82, 2.24) is 14.9 Å². The van der Waals surface area contributed by atoms with Crippen LogP contribution >= 0.6 is 0 Å². The Morgan fingerprint density at radius 3 is 2.68 bits per heavy atom. The Bertz CT molecular complexity index is 503. The van der Waals surface area contributed by atoms with Crippen LogP contribution in [-0.2, 0) is 0 Å². The first-order valence-corrected chi connectivity index (χ1v) is 6.68. The highest BCUT2D eigenvalue weighted by Gasteiger charge is 2.04. The van der Waals surface area contributed by atoms with Gasteiger partial charge in [0.25, 0.3) is 5.91 Å². The van der Waals surface area contributed by atoms with Crippen molar-refractivity contribution in [2.75, 3.05) is 6.54 Å². The minimum atomic E-state index is -0.00622. The number of imidazole rings is 1. The van der Waals surface area contributed by atoms with Crippen molar-refractivity contribution in [3.8, 4) is 5.69 Å². The molecule has 0 atom stereocenters. The van der Waals surface area contributed by atoms with Crippen molar-refractivity contribution in [2.24, 2.45) is 0 Å². The molecule has 1 aromatic carbocycles. The number of aromatic nitrogens is 2. The van der Waals surface area contributed by atoms with Crippen molar-refractivity contribution in [3.63, 3.8) is 0 Å². The summed E-state index contributed by atoms with van der Waals surface area (Å²) in [5.41, 5.74) is 1.69. The highest BCUT2D eigenvalue weighted by Crippen LogP contribution is 2.09. The van der Waals surface area contributed by atoms with E-state index in [-0.39, 0.29) is 5.91 Å². The highest BCUT2D eigenvalue weighted by molar-refractivity contribution is 5.94. The van der Waals surface area contributed by atoms with E-state index in [1.54, 1.807) is 12.5 Å². The number of amides is 1. The molecule has 0 radical (unpaired) electrons. The third-order valence-corrected chi connectivity index (χ3v) is 3.00. The summed E-state index contributed by atoms with van der Waals surface area (Å²) < 4.78 is 1.91. The van der Waals surface area contributed by atoms with Gasteiger partial charge < -0.3 is 9.88 Å². The molecule has 0 saturated carbocycles. The molecule has 0 unspecified atom stereocenters. The predicted octanol–water partition coefficient (Wildman–Crippen LogP) is 2.79. The maximum Gasteiger partial charge on any atom is 0.251 e. The van der Waals surface area contributed by atoms with Gasteiger partial charge in [-0.15, -0.1) is 0 Å². The summed E-state index contributed by atoms with van der Waals surface area (Å²) in [6, 6.07) is 7.51. The van der Waals surface area contributed by atoms with Crippen LogP contribution in [0.15, 0.2) is 43.0 Å². The Morgan fingerprint density at radius 2 is 2.05 bits per heavy atom. The molecule has 1 aromatic heterocycles. The summed E-state index contributed by atoms with van der Waals surface area (Å²) in [7, 11) is 0. The molecule has 100 valence electrons. The molecule has 4 heteroatoms. The predicted molar refractivity (Wildman–Crippen MR) is 75.4 cm³/mol. The molecule has 1 N–H and O–H groups in total. The standard InChI is InChI=1S/C15H19N3O/c1-2-3-4-9-17-15(19)13-5-7-14(8-6-13)18-11-10-16-12-18/h5-8,10-12H,2-4,9H2,1H3,(H,17,19). The van der Waals surface area contributed by atoms with Gasteiger partial charge in [-0.2, -0.15) is 0 Å². The van der Waals surface area contributed by atoms with Crippen LogP contribution in [0.4, 0.5) is 0 Å². The highest BCUT2D eigenvalue weighted by atomic mass is 16.1. The minimum absolute atomic E-state index is 0.00622. The van der Waals surface area contributed by atoms with E-state index in [9.17, 15) is 4.79 Å². The Labute approximate surface area is 113 Å². The summed E-state index contributed by atoms with van der Waals surface area (Å²) in [4.78, 5) is 15.9. The second-order valence-corrected chi connectivity index (χ2v) is 4.48. The first-order valence-electron chi connectivity index (χ1n) is 6.68. The molecule has 0 saturated heterocycles. The monoisotopic (exact) mass is 257 g/mol. The fraction of sp³-hybridized carbons (Fsp3) is 0.333. The molecule has 0 aliphatic heterocycles. The maximum atomic E-state index is 11.9. The van der Waals surface area contributed by atoms with Gasteiger partial charge in [-0.3, -0.25) is 4.79 Å². The molecular formula is C15H19N3O. The first-order chi connectivity index (χ1) is 9.31. The Balaban J connectivity index is 1.93. The van der Waals surface area contributed by atoms with E-state index in [1.165, 1.54) is 0 Å². The lowest BCUT2D eigenvalue weighted by molar-refractivity contribution is 0.0953. The van der Waals surface area contributed by atoms with Crippen LogP contribution in [0.1, 0.15) is 36.5 Å². The van der Waals surface area contributed by atoms with Gasteiger partial charge in [-0.1, -0.05) is 19.8 Å². The van der Waals surface area contributed by atoms with E-state index >= 15 is 0 Å². The second-order valence-electron chi connectivity index (χ2n) is 4.48. The molecule has 0 fully saturated rings. The van der Waals surface area contributed by atoms with Crippen molar-refractivity contribution in [3.05, 3.63) is 48.5 Å². The second kappa shape index (κ2) is 6.73. The Kier molecular flexibility index (Phi) is 4.72. The minimum Gasteiger partial charge on any atom is -0.352 e. The van der Waals surface area contributed by atoms with Crippen molar-refractivity contribution >= 4 is 5.91 Å². The third kappa shape index (κ3) is 3.68. The zero-order valence-corrected chi connectivity index (χ0v) is 11.2. The molecule has 0 bridgehead atoms. The average molecular weight is 257 g/mol. The first kappa shape index (κ1) is 13.3. The number of hydrogen-bond donors (Lipinski definition) is 1. The van der Waals surface area contributed by atoms with Crippen LogP contribution < -0.4 is 5.32 Å². The van der Waals surface area contributed by atoms with Crippen LogP contribution in [-0.4, -0.2) is 22.0 Å². The molecule has 0 aliphatic carbocycles. The molecule has 2 rings (SSSR count). The van der Waals surface area contributed by atoms with E-state index in [4.69, 9.17) is 0 Å². The number of carbonyl (C=O) groups is 1. The van der Waals surface area contributed by atoms with Gasteiger partial charge in [0, 0.05) is 30.2 Å². The third-order valence-electron chi connectivity index (χ3n) is 3.00. The van der Waals surface area contributed by atoms with Crippen molar-refractivity contribution in [1.29, 1.82) is 0 Å². The Hall–Kier alpha value is -2.10. The van der Waals surface area contributed by atoms with Crippen LogP contribution in [0.5, 0.6) is 0 Å². The molecule has 1 heterocycles. The lowest BCUT2D eigenvalue weighted by Gasteiger charge is -2.06. The maximum absolute atomic E-state index is 11.9. The number of nitrogens with zero attached hydrogens (tertiary/aromatic N) is 2. The van der Waals surface area contributed by atoms with E-state index in [2.05, 4.69) is 17.2 Å². The summed E-state index contributed by atoms with van der Waals surface area (Å²) in [5.74, 6) is -0.00622. The Morgan fingerprint density at radius 1 is 1.26 bits per heavy atom. The number of benzene rings is 1. The molecule has 1 amide bonds. The summed E-state index contributed by atoms with van der Waals surface area (Å²) >= 11 is 0. The molecule has 0 spiro atoms. The van der Waals surface area contributed by atoms with Gasteiger partial charge in [-0.05, 0) is 30.7 Å². The van der Waals surface area contributed by atoms with Gasteiger partial charge in [-0.25, -0.2) is 4.98 Å². The number of carbonyl (C=O) groups excluding carboxylic acids is 1. The van der Waals surface area contributed by atoms with E-state index in [0.29, 0.717) is 5.56 Å². The van der Waals surface area contributed by atoms with Crippen LogP contribution in [0.3, 0.4) is 0 Å². The quantitative estimate of drug-likeness (QED) is 0.809. The van der Waals surface area contributed by atoms with E-state index in [1.807, 2.05) is 35.0 Å². The zero-order valence-electron chi connectivity index (χ0n) is 11.2. The van der Waals surface area contributed by atoms with E-state index < -0.39 is 0 Å². The van der Waals surface area contributed by atoms with E-state index in [0.717, 1.165) is 31.5 Å². The fourth-order valence-electron chi connectivity index (χ4n) is 1.88. The summed E-state index contributed by atoms with van der Waals surface area (Å²) in [6.45, 7) is 2.90. The lowest BCUT2D eigenvalue weighted by atomic mass is 10.2. The molecular weight excluding hydrogens is 238 g/mol. The summed E-state index contributed by atoms with van der Waals surface area (Å²) in [5, 5.41) is 2.93. The SMILES string of the molecule is CCCCCNC(=O)c1ccc(-n2ccnc2)cc1. The van der Waals surface area contributed by atoms with Crippen LogP contribution in [0.25, 0.3) is 5.69 Å². The molecule has 19 heavy (non-hydrogen) atoms. The number of hydrogen-bond acceptors (Lipinski definition) is 2. The zero-order chi connectivity index (χ0) is 13.5.